The van der Waals surface area contributed by atoms with Crippen LogP contribution in [0.2, 0.25) is 5.02 Å². The molecule has 4 heteroatoms. The van der Waals surface area contributed by atoms with Crippen molar-refractivity contribution in [3.05, 3.63) is 75.3 Å². The molecule has 2 aromatic rings. The number of allylic oxidation sites excluding steroid dienone is 2. The molecular weight excluding hydrogens is 345 g/mol. The molecule has 0 aliphatic rings. The second-order valence-corrected chi connectivity index (χ2v) is 6.53. The molecule has 0 fully saturated rings. The van der Waals surface area contributed by atoms with Crippen LogP contribution >= 0.6 is 11.6 Å². The molecule has 2 rings (SSSR count). The lowest BCUT2D eigenvalue weighted by Crippen LogP contribution is -2.05. The number of alkyl halides is 3. The zero-order valence-electron chi connectivity index (χ0n) is 14.7. The van der Waals surface area contributed by atoms with Gasteiger partial charge in [0.2, 0.25) is 0 Å². The van der Waals surface area contributed by atoms with E-state index in [1.165, 1.54) is 22.8 Å². The molecule has 0 amide bonds. The molecule has 0 aliphatic heterocycles. The van der Waals surface area contributed by atoms with Crippen molar-refractivity contribution < 1.29 is 13.2 Å². The average Bonchev–Trinajstić information content (AvgIpc) is 2.55. The summed E-state index contributed by atoms with van der Waals surface area (Å²) in [5.74, 6) is 0. The fourth-order valence-electron chi connectivity index (χ4n) is 3.00. The summed E-state index contributed by atoms with van der Waals surface area (Å²) in [6.07, 6.45) is 0.101. The minimum Gasteiger partial charge on any atom is -0.166 e. The molecule has 0 spiro atoms. The summed E-state index contributed by atoms with van der Waals surface area (Å²) >= 11 is 6.03. The highest BCUT2D eigenvalue weighted by molar-refractivity contribution is 6.31. The lowest BCUT2D eigenvalue weighted by Gasteiger charge is -2.12. The second kappa shape index (κ2) is 8.09. The van der Waals surface area contributed by atoms with Crippen molar-refractivity contribution in [2.24, 2.45) is 0 Å². The van der Waals surface area contributed by atoms with E-state index in [4.69, 9.17) is 11.6 Å². The van der Waals surface area contributed by atoms with Gasteiger partial charge in [0.1, 0.15) is 0 Å². The van der Waals surface area contributed by atoms with Gasteiger partial charge in [-0.1, -0.05) is 48.9 Å². The van der Waals surface area contributed by atoms with Crippen molar-refractivity contribution in [3.8, 4) is 0 Å². The number of aryl methyl sites for hydroxylation is 3. The predicted molar refractivity (Wildman–Crippen MR) is 99.0 cm³/mol. The van der Waals surface area contributed by atoms with Crippen molar-refractivity contribution in [1.29, 1.82) is 0 Å². The first-order valence-corrected chi connectivity index (χ1v) is 8.74. The summed E-state index contributed by atoms with van der Waals surface area (Å²) in [4.78, 5) is 0. The smallest absolute Gasteiger partial charge is 0.166 e. The highest BCUT2D eigenvalue weighted by Crippen LogP contribution is 2.32. The Hall–Kier alpha value is -1.74. The van der Waals surface area contributed by atoms with Gasteiger partial charge in [-0.2, -0.15) is 13.2 Å². The quantitative estimate of drug-likeness (QED) is 0.522. The molecule has 0 nitrogen and oxygen atoms in total. The van der Waals surface area contributed by atoms with Crippen LogP contribution in [0.25, 0.3) is 5.57 Å². The van der Waals surface area contributed by atoms with Crippen LogP contribution in [-0.4, -0.2) is 0 Å². The van der Waals surface area contributed by atoms with E-state index in [0.717, 1.165) is 36.1 Å². The maximum Gasteiger partial charge on any atom is 0.416 e. The Morgan fingerprint density at radius 3 is 2.32 bits per heavy atom. The third-order valence-corrected chi connectivity index (χ3v) is 4.78. The first-order chi connectivity index (χ1) is 11.8. The number of halogens is 4. The lowest BCUT2D eigenvalue weighted by molar-refractivity contribution is -0.137. The molecule has 0 unspecified atom stereocenters. The topological polar surface area (TPSA) is 0 Å². The minimum atomic E-state index is -4.36. The molecule has 0 bridgehead atoms. The molecule has 0 aromatic heterocycles. The zero-order valence-corrected chi connectivity index (χ0v) is 15.4. The Kier molecular flexibility index (Phi) is 6.34. The van der Waals surface area contributed by atoms with E-state index in [1.54, 1.807) is 0 Å². The summed E-state index contributed by atoms with van der Waals surface area (Å²) in [5, 5.41) is 0.172. The Labute approximate surface area is 152 Å². The molecular formula is C21H22ClF3. The van der Waals surface area contributed by atoms with Crippen LogP contribution in [0.1, 0.15) is 48.1 Å². The first-order valence-electron chi connectivity index (χ1n) is 8.37. The maximum atomic E-state index is 12.7. The third kappa shape index (κ3) is 4.88. The second-order valence-electron chi connectivity index (χ2n) is 6.12. The highest BCUT2D eigenvalue weighted by Gasteiger charge is 2.30. The lowest BCUT2D eigenvalue weighted by atomic mass is 9.94. The van der Waals surface area contributed by atoms with Gasteiger partial charge in [-0.05, 0) is 73.1 Å². The largest absolute Gasteiger partial charge is 0.416 e. The Balaban J connectivity index is 2.13. The van der Waals surface area contributed by atoms with E-state index in [0.29, 0.717) is 6.42 Å². The SMILES string of the molecule is C/C=C(/CC)c1ccc(CCc2ccc(C(F)(F)F)cc2Cl)cc1C. The van der Waals surface area contributed by atoms with Gasteiger partial charge < -0.3 is 0 Å². The van der Waals surface area contributed by atoms with Gasteiger partial charge in [0.05, 0.1) is 5.56 Å². The number of hydrogen-bond acceptors (Lipinski definition) is 0. The van der Waals surface area contributed by atoms with Crippen LogP contribution in [0, 0.1) is 6.92 Å². The molecule has 0 atom stereocenters. The van der Waals surface area contributed by atoms with Gasteiger partial charge >= 0.3 is 6.18 Å². The summed E-state index contributed by atoms with van der Waals surface area (Å²) in [6.45, 7) is 6.26. The van der Waals surface area contributed by atoms with Gasteiger partial charge in [0.15, 0.2) is 0 Å². The average molecular weight is 367 g/mol. The summed E-state index contributed by atoms with van der Waals surface area (Å²) in [7, 11) is 0. The van der Waals surface area contributed by atoms with E-state index < -0.39 is 11.7 Å². The molecule has 0 saturated carbocycles. The number of rotatable bonds is 5. The van der Waals surface area contributed by atoms with E-state index in [-0.39, 0.29) is 5.02 Å². The molecule has 134 valence electrons. The number of hydrogen-bond donors (Lipinski definition) is 0. The fraction of sp³-hybridized carbons (Fsp3) is 0.333. The molecule has 0 radical (unpaired) electrons. The van der Waals surface area contributed by atoms with E-state index in [1.807, 2.05) is 6.92 Å². The van der Waals surface area contributed by atoms with Gasteiger partial charge in [0, 0.05) is 5.02 Å². The summed E-state index contributed by atoms with van der Waals surface area (Å²) in [5.41, 5.74) is 4.96. The van der Waals surface area contributed by atoms with Gasteiger partial charge in [-0.3, -0.25) is 0 Å². The van der Waals surface area contributed by atoms with Crippen molar-refractivity contribution >= 4 is 17.2 Å². The fourth-order valence-corrected chi connectivity index (χ4v) is 3.27. The van der Waals surface area contributed by atoms with Crippen LogP contribution in [0.4, 0.5) is 13.2 Å². The van der Waals surface area contributed by atoms with E-state index in [9.17, 15) is 13.2 Å². The first kappa shape index (κ1) is 19.6. The monoisotopic (exact) mass is 366 g/mol. The molecule has 25 heavy (non-hydrogen) atoms. The molecule has 0 aliphatic carbocycles. The van der Waals surface area contributed by atoms with Crippen LogP contribution in [0.15, 0.2) is 42.5 Å². The van der Waals surface area contributed by atoms with Gasteiger partial charge in [-0.25, -0.2) is 0 Å². The summed E-state index contributed by atoms with van der Waals surface area (Å²) in [6, 6.07) is 9.92. The van der Waals surface area contributed by atoms with Crippen LogP contribution in [0.3, 0.4) is 0 Å². The normalized spacial score (nSPS) is 12.5. The van der Waals surface area contributed by atoms with Crippen molar-refractivity contribution in [2.45, 2.75) is 46.2 Å². The van der Waals surface area contributed by atoms with Gasteiger partial charge in [-0.15, -0.1) is 0 Å². The predicted octanol–water partition coefficient (Wildman–Crippen LogP) is 7.27. The third-order valence-electron chi connectivity index (χ3n) is 4.43. The Bertz CT molecular complexity index is 773. The maximum absolute atomic E-state index is 12.7. The highest BCUT2D eigenvalue weighted by atomic mass is 35.5. The standard InChI is InChI=1S/C21H22ClF3/c1-4-16(5-2)19-11-7-15(12-14(19)3)6-8-17-9-10-18(13-20(17)22)21(23,24)25/h4,7,9-13H,5-6,8H2,1-3H3/b16-4-. The van der Waals surface area contributed by atoms with Crippen LogP contribution in [0.5, 0.6) is 0 Å². The van der Waals surface area contributed by atoms with Crippen molar-refractivity contribution in [2.75, 3.05) is 0 Å². The molecule has 0 heterocycles. The molecule has 0 saturated heterocycles. The zero-order chi connectivity index (χ0) is 18.6. The van der Waals surface area contributed by atoms with Gasteiger partial charge in [0.25, 0.3) is 0 Å². The van der Waals surface area contributed by atoms with E-state index >= 15 is 0 Å². The van der Waals surface area contributed by atoms with Crippen LogP contribution in [-0.2, 0) is 19.0 Å². The molecule has 2 aromatic carbocycles. The Morgan fingerprint density at radius 2 is 1.80 bits per heavy atom. The van der Waals surface area contributed by atoms with Crippen molar-refractivity contribution in [1.82, 2.24) is 0 Å². The number of benzene rings is 2. The Morgan fingerprint density at radius 1 is 1.08 bits per heavy atom. The van der Waals surface area contributed by atoms with E-state index in [2.05, 4.69) is 38.1 Å². The molecule has 0 N–H and O–H groups in total. The summed E-state index contributed by atoms with van der Waals surface area (Å²) < 4.78 is 38.1. The minimum absolute atomic E-state index is 0.172. The van der Waals surface area contributed by atoms with Crippen LogP contribution < -0.4 is 0 Å². The van der Waals surface area contributed by atoms with Crippen molar-refractivity contribution in [3.63, 3.8) is 0 Å².